The molecule has 2 fully saturated rings. The van der Waals surface area contributed by atoms with Gasteiger partial charge in [0, 0.05) is 33.1 Å². The predicted molar refractivity (Wildman–Crippen MR) is 69.9 cm³/mol. The van der Waals surface area contributed by atoms with Crippen LogP contribution in [0.1, 0.15) is 33.1 Å². The molecule has 4 heteroatoms. The molecular weight excluding hydrogens is 228 g/mol. The standard InChI is InChI=1S/C14H24N2O2/c1-10(2)11-5-4-6-16(9-11)14(18)12-7-13(17)15(3)8-12/h10-12H,4-9H2,1-3H3. The van der Waals surface area contributed by atoms with E-state index in [0.717, 1.165) is 19.5 Å². The second-order valence-corrected chi connectivity index (χ2v) is 6.11. The lowest BCUT2D eigenvalue weighted by atomic mass is 9.87. The Bertz CT molecular complexity index is 341. The van der Waals surface area contributed by atoms with Crippen LogP contribution in [0.5, 0.6) is 0 Å². The van der Waals surface area contributed by atoms with Crippen molar-refractivity contribution in [3.8, 4) is 0 Å². The summed E-state index contributed by atoms with van der Waals surface area (Å²) < 4.78 is 0. The third kappa shape index (κ3) is 2.68. The minimum atomic E-state index is -0.103. The van der Waals surface area contributed by atoms with Gasteiger partial charge in [0.15, 0.2) is 0 Å². The molecule has 2 rings (SSSR count). The highest BCUT2D eigenvalue weighted by Crippen LogP contribution is 2.26. The normalized spacial score (nSPS) is 29.2. The fourth-order valence-electron chi connectivity index (χ4n) is 3.04. The summed E-state index contributed by atoms with van der Waals surface area (Å²) in [5, 5.41) is 0. The van der Waals surface area contributed by atoms with E-state index in [1.807, 2.05) is 4.90 Å². The molecule has 0 bridgehead atoms. The van der Waals surface area contributed by atoms with Crippen LogP contribution in [-0.4, -0.2) is 48.3 Å². The largest absolute Gasteiger partial charge is 0.345 e. The number of rotatable bonds is 2. The van der Waals surface area contributed by atoms with Crippen molar-refractivity contribution < 1.29 is 9.59 Å². The molecule has 0 aromatic heterocycles. The summed E-state index contributed by atoms with van der Waals surface area (Å²) in [4.78, 5) is 27.6. The lowest BCUT2D eigenvalue weighted by Gasteiger charge is -2.36. The van der Waals surface area contributed by atoms with E-state index < -0.39 is 0 Å². The Kier molecular flexibility index (Phi) is 3.93. The number of piperidine rings is 1. The molecule has 2 aliphatic heterocycles. The van der Waals surface area contributed by atoms with Crippen molar-refractivity contribution in [3.05, 3.63) is 0 Å². The maximum atomic E-state index is 12.4. The smallest absolute Gasteiger partial charge is 0.228 e. The summed E-state index contributed by atoms with van der Waals surface area (Å²) in [6, 6.07) is 0. The van der Waals surface area contributed by atoms with Gasteiger partial charge in [0.2, 0.25) is 11.8 Å². The monoisotopic (exact) mass is 252 g/mol. The fourth-order valence-corrected chi connectivity index (χ4v) is 3.04. The Morgan fingerprint density at radius 1 is 1.33 bits per heavy atom. The molecule has 18 heavy (non-hydrogen) atoms. The number of carbonyl (C=O) groups is 2. The first-order chi connectivity index (χ1) is 8.49. The topological polar surface area (TPSA) is 40.6 Å². The van der Waals surface area contributed by atoms with Gasteiger partial charge in [-0.2, -0.15) is 0 Å². The van der Waals surface area contributed by atoms with Crippen LogP contribution in [0.3, 0.4) is 0 Å². The average Bonchev–Trinajstić information content (AvgIpc) is 2.69. The summed E-state index contributed by atoms with van der Waals surface area (Å²) in [7, 11) is 1.78. The van der Waals surface area contributed by atoms with Crippen LogP contribution in [0, 0.1) is 17.8 Å². The van der Waals surface area contributed by atoms with Crippen LogP contribution in [0.25, 0.3) is 0 Å². The summed E-state index contributed by atoms with van der Waals surface area (Å²) in [5.74, 6) is 1.45. The third-order valence-electron chi connectivity index (χ3n) is 4.40. The molecule has 0 N–H and O–H groups in total. The molecule has 2 saturated heterocycles. The van der Waals surface area contributed by atoms with Crippen molar-refractivity contribution in [2.24, 2.45) is 17.8 Å². The number of carbonyl (C=O) groups excluding carboxylic acids is 2. The van der Waals surface area contributed by atoms with E-state index in [9.17, 15) is 9.59 Å². The zero-order valence-corrected chi connectivity index (χ0v) is 11.7. The molecular formula is C14H24N2O2. The summed E-state index contributed by atoms with van der Waals surface area (Å²) >= 11 is 0. The molecule has 0 spiro atoms. The first-order valence-corrected chi connectivity index (χ1v) is 7.01. The first-order valence-electron chi connectivity index (χ1n) is 7.01. The minimum Gasteiger partial charge on any atom is -0.345 e. The van der Waals surface area contributed by atoms with Crippen LogP contribution < -0.4 is 0 Å². The SMILES string of the molecule is CC(C)C1CCCN(C(=O)C2CC(=O)N(C)C2)C1. The lowest BCUT2D eigenvalue weighted by Crippen LogP contribution is -2.44. The van der Waals surface area contributed by atoms with E-state index in [0.29, 0.717) is 24.8 Å². The highest BCUT2D eigenvalue weighted by atomic mass is 16.2. The molecule has 0 aromatic carbocycles. The van der Waals surface area contributed by atoms with Gasteiger partial charge in [-0.25, -0.2) is 0 Å². The molecule has 102 valence electrons. The van der Waals surface area contributed by atoms with Crippen LogP contribution in [0.15, 0.2) is 0 Å². The van der Waals surface area contributed by atoms with Crippen LogP contribution in [-0.2, 0) is 9.59 Å². The van der Waals surface area contributed by atoms with Gasteiger partial charge in [0.1, 0.15) is 0 Å². The number of hydrogen-bond acceptors (Lipinski definition) is 2. The first kappa shape index (κ1) is 13.4. The zero-order valence-electron chi connectivity index (χ0n) is 11.7. The molecule has 2 amide bonds. The van der Waals surface area contributed by atoms with Gasteiger partial charge < -0.3 is 9.80 Å². The van der Waals surface area contributed by atoms with Crippen LogP contribution in [0.4, 0.5) is 0 Å². The number of amides is 2. The second-order valence-electron chi connectivity index (χ2n) is 6.11. The fraction of sp³-hybridized carbons (Fsp3) is 0.857. The van der Waals surface area contributed by atoms with E-state index in [1.165, 1.54) is 6.42 Å². The van der Waals surface area contributed by atoms with Crippen LogP contribution >= 0.6 is 0 Å². The van der Waals surface area contributed by atoms with Gasteiger partial charge in [-0.1, -0.05) is 13.8 Å². The average molecular weight is 252 g/mol. The second kappa shape index (κ2) is 5.29. The van der Waals surface area contributed by atoms with E-state index in [4.69, 9.17) is 0 Å². The number of nitrogens with zero attached hydrogens (tertiary/aromatic N) is 2. The van der Waals surface area contributed by atoms with Crippen LogP contribution in [0.2, 0.25) is 0 Å². The van der Waals surface area contributed by atoms with Crippen molar-refractivity contribution in [2.45, 2.75) is 33.1 Å². The quantitative estimate of drug-likeness (QED) is 0.744. The number of likely N-dealkylation sites (tertiary alicyclic amines) is 2. The molecule has 2 unspecified atom stereocenters. The number of hydrogen-bond donors (Lipinski definition) is 0. The van der Waals surface area contributed by atoms with E-state index >= 15 is 0 Å². The van der Waals surface area contributed by atoms with Gasteiger partial charge in [0.25, 0.3) is 0 Å². The van der Waals surface area contributed by atoms with Gasteiger partial charge >= 0.3 is 0 Å². The zero-order chi connectivity index (χ0) is 13.3. The molecule has 0 aliphatic carbocycles. The Labute approximate surface area is 109 Å². The Hall–Kier alpha value is -1.06. The van der Waals surface area contributed by atoms with Crippen molar-refractivity contribution in [1.82, 2.24) is 9.80 Å². The summed E-state index contributed by atoms with van der Waals surface area (Å²) in [5.41, 5.74) is 0. The minimum absolute atomic E-state index is 0.103. The van der Waals surface area contributed by atoms with Gasteiger partial charge in [-0.3, -0.25) is 9.59 Å². The van der Waals surface area contributed by atoms with E-state index in [2.05, 4.69) is 13.8 Å². The van der Waals surface area contributed by atoms with E-state index in [-0.39, 0.29) is 17.7 Å². The third-order valence-corrected chi connectivity index (χ3v) is 4.40. The Balaban J connectivity index is 1.95. The maximum absolute atomic E-state index is 12.4. The molecule has 0 radical (unpaired) electrons. The summed E-state index contributed by atoms with van der Waals surface area (Å²) in [6.45, 7) is 6.80. The molecule has 2 heterocycles. The van der Waals surface area contributed by atoms with Gasteiger partial charge in [0.05, 0.1) is 5.92 Å². The van der Waals surface area contributed by atoms with Gasteiger partial charge in [-0.15, -0.1) is 0 Å². The Morgan fingerprint density at radius 2 is 2.06 bits per heavy atom. The van der Waals surface area contributed by atoms with Crippen molar-refractivity contribution in [2.75, 3.05) is 26.7 Å². The maximum Gasteiger partial charge on any atom is 0.228 e. The summed E-state index contributed by atoms with van der Waals surface area (Å²) in [6.07, 6.45) is 2.73. The Morgan fingerprint density at radius 3 is 2.61 bits per heavy atom. The molecule has 4 nitrogen and oxygen atoms in total. The van der Waals surface area contributed by atoms with Crippen molar-refractivity contribution in [3.63, 3.8) is 0 Å². The molecule has 2 atom stereocenters. The van der Waals surface area contributed by atoms with Gasteiger partial charge in [-0.05, 0) is 24.7 Å². The highest BCUT2D eigenvalue weighted by molar-refractivity contribution is 5.89. The lowest BCUT2D eigenvalue weighted by molar-refractivity contribution is -0.137. The molecule has 0 saturated carbocycles. The van der Waals surface area contributed by atoms with Crippen molar-refractivity contribution in [1.29, 1.82) is 0 Å². The van der Waals surface area contributed by atoms with Crippen molar-refractivity contribution >= 4 is 11.8 Å². The predicted octanol–water partition coefficient (Wildman–Crippen LogP) is 1.36. The molecule has 0 aromatic rings. The molecule has 2 aliphatic rings. The highest BCUT2D eigenvalue weighted by Gasteiger charge is 2.36. The van der Waals surface area contributed by atoms with E-state index in [1.54, 1.807) is 11.9 Å².